The molecule has 108 valence electrons. The van der Waals surface area contributed by atoms with Crippen LogP contribution in [0.3, 0.4) is 0 Å². The van der Waals surface area contributed by atoms with Gasteiger partial charge in [0.2, 0.25) is 5.91 Å². The quantitative estimate of drug-likeness (QED) is 0.378. The van der Waals surface area contributed by atoms with Crippen molar-refractivity contribution in [3.63, 3.8) is 0 Å². The van der Waals surface area contributed by atoms with E-state index in [1.807, 2.05) is 0 Å². The molecule has 0 aromatic carbocycles. The van der Waals surface area contributed by atoms with Crippen LogP contribution < -0.4 is 5.32 Å². The summed E-state index contributed by atoms with van der Waals surface area (Å²) in [7, 11) is -0.396. The number of halogens is 1. The molecule has 1 amide bonds. The zero-order valence-electron chi connectivity index (χ0n) is 12.2. The van der Waals surface area contributed by atoms with Crippen molar-refractivity contribution in [3.05, 3.63) is 0 Å². The standard InChI is InChI=1S/C13H28BrNO2Si/c1-10(2)13(11(3)4)17-18-8-6-5-7-15-12(16)9-14/h10-11,13H,5-9,18H2,1-4H3,(H,15,16). The van der Waals surface area contributed by atoms with Crippen molar-refractivity contribution < 1.29 is 9.22 Å². The summed E-state index contributed by atoms with van der Waals surface area (Å²) in [5.41, 5.74) is 0. The third kappa shape index (κ3) is 9.11. The summed E-state index contributed by atoms with van der Waals surface area (Å²) in [6, 6.07) is 1.21. The van der Waals surface area contributed by atoms with E-state index in [0.717, 1.165) is 19.4 Å². The Morgan fingerprint density at radius 2 is 1.83 bits per heavy atom. The Morgan fingerprint density at radius 3 is 2.33 bits per heavy atom. The molecule has 0 spiro atoms. The van der Waals surface area contributed by atoms with Gasteiger partial charge >= 0.3 is 0 Å². The van der Waals surface area contributed by atoms with Crippen molar-refractivity contribution in [2.24, 2.45) is 11.8 Å². The number of carbonyl (C=O) groups is 1. The van der Waals surface area contributed by atoms with Gasteiger partial charge in [0, 0.05) is 12.6 Å². The Hall–Kier alpha value is 0.127. The molecule has 0 aliphatic heterocycles. The number of unbranched alkanes of at least 4 members (excludes halogenated alkanes) is 1. The van der Waals surface area contributed by atoms with Crippen LogP contribution in [0.25, 0.3) is 0 Å². The number of amides is 1. The largest absolute Gasteiger partial charge is 0.421 e. The Labute approximate surface area is 123 Å². The average molecular weight is 338 g/mol. The van der Waals surface area contributed by atoms with Crippen LogP contribution >= 0.6 is 15.9 Å². The molecular weight excluding hydrogens is 310 g/mol. The van der Waals surface area contributed by atoms with E-state index >= 15 is 0 Å². The van der Waals surface area contributed by atoms with Gasteiger partial charge in [0.1, 0.15) is 0 Å². The maximum Gasteiger partial charge on any atom is 0.230 e. The van der Waals surface area contributed by atoms with Crippen molar-refractivity contribution in [2.75, 3.05) is 11.9 Å². The van der Waals surface area contributed by atoms with Crippen LogP contribution in [0.2, 0.25) is 6.04 Å². The highest BCUT2D eigenvalue weighted by Crippen LogP contribution is 2.16. The first-order chi connectivity index (χ1) is 8.49. The second-order valence-electron chi connectivity index (χ2n) is 5.37. The van der Waals surface area contributed by atoms with E-state index in [1.54, 1.807) is 0 Å². The van der Waals surface area contributed by atoms with Crippen LogP contribution in [-0.4, -0.2) is 33.6 Å². The summed E-state index contributed by atoms with van der Waals surface area (Å²) in [6.45, 7) is 9.71. The van der Waals surface area contributed by atoms with Crippen LogP contribution in [-0.2, 0) is 9.22 Å². The van der Waals surface area contributed by atoms with Crippen molar-refractivity contribution in [1.82, 2.24) is 5.32 Å². The molecule has 0 atom stereocenters. The fourth-order valence-corrected chi connectivity index (χ4v) is 4.02. The second-order valence-corrected chi connectivity index (χ2v) is 7.38. The van der Waals surface area contributed by atoms with Crippen molar-refractivity contribution in [3.8, 4) is 0 Å². The Kier molecular flexibility index (Phi) is 11.1. The monoisotopic (exact) mass is 337 g/mol. The SMILES string of the molecule is CC(C)C(O[SiH2]CCCCNC(=O)CBr)C(C)C. The van der Waals surface area contributed by atoms with Gasteiger partial charge in [-0.2, -0.15) is 0 Å². The van der Waals surface area contributed by atoms with Crippen LogP contribution in [0.4, 0.5) is 0 Å². The molecule has 0 aromatic heterocycles. The minimum atomic E-state index is -0.396. The van der Waals surface area contributed by atoms with Crippen LogP contribution in [0.5, 0.6) is 0 Å². The maximum absolute atomic E-state index is 11.0. The molecule has 0 saturated carbocycles. The maximum atomic E-state index is 11.0. The van der Waals surface area contributed by atoms with Gasteiger partial charge in [-0.25, -0.2) is 0 Å². The molecule has 0 aliphatic rings. The highest BCUT2D eigenvalue weighted by molar-refractivity contribution is 9.09. The number of nitrogens with one attached hydrogen (secondary N) is 1. The summed E-state index contributed by atoms with van der Waals surface area (Å²) in [6.07, 6.45) is 2.64. The summed E-state index contributed by atoms with van der Waals surface area (Å²) in [5, 5.41) is 3.26. The number of hydrogen-bond acceptors (Lipinski definition) is 2. The first-order valence-corrected chi connectivity index (χ1v) is 9.63. The van der Waals surface area contributed by atoms with Gasteiger partial charge in [-0.15, -0.1) is 0 Å². The van der Waals surface area contributed by atoms with Gasteiger partial charge in [0.05, 0.1) is 5.33 Å². The average Bonchev–Trinajstić information content (AvgIpc) is 2.31. The molecule has 0 aliphatic carbocycles. The minimum Gasteiger partial charge on any atom is -0.421 e. The normalized spacial score (nSPS) is 12.2. The van der Waals surface area contributed by atoms with Gasteiger partial charge in [-0.05, 0) is 24.3 Å². The number of alkyl halides is 1. The first kappa shape index (κ1) is 18.1. The molecule has 0 radical (unpaired) electrons. The summed E-state index contributed by atoms with van der Waals surface area (Å²) in [5.74, 6) is 1.29. The van der Waals surface area contributed by atoms with E-state index in [9.17, 15) is 4.79 Å². The zero-order chi connectivity index (χ0) is 14.0. The van der Waals surface area contributed by atoms with Crippen LogP contribution in [0, 0.1) is 11.8 Å². The van der Waals surface area contributed by atoms with Crippen molar-refractivity contribution in [2.45, 2.75) is 52.7 Å². The van der Waals surface area contributed by atoms with Gasteiger partial charge in [0.25, 0.3) is 0 Å². The summed E-state index contributed by atoms with van der Waals surface area (Å²) < 4.78 is 6.06. The summed E-state index contributed by atoms with van der Waals surface area (Å²) >= 11 is 3.13. The van der Waals surface area contributed by atoms with Gasteiger partial charge in [0.15, 0.2) is 9.76 Å². The smallest absolute Gasteiger partial charge is 0.230 e. The van der Waals surface area contributed by atoms with Gasteiger partial charge in [-0.1, -0.05) is 50.0 Å². The fraction of sp³-hybridized carbons (Fsp3) is 0.923. The molecule has 0 bridgehead atoms. The first-order valence-electron chi connectivity index (χ1n) is 6.93. The lowest BCUT2D eigenvalue weighted by atomic mass is 9.97. The number of carbonyl (C=O) groups excluding carboxylic acids is 1. The third-order valence-corrected chi connectivity index (χ3v) is 4.81. The van der Waals surface area contributed by atoms with E-state index < -0.39 is 9.76 Å². The fourth-order valence-electron chi connectivity index (χ4n) is 2.05. The second kappa shape index (κ2) is 11.0. The highest BCUT2D eigenvalue weighted by Gasteiger charge is 2.16. The lowest BCUT2D eigenvalue weighted by Crippen LogP contribution is -2.27. The lowest BCUT2D eigenvalue weighted by molar-refractivity contribution is -0.118. The van der Waals surface area contributed by atoms with Gasteiger partial charge in [-0.3, -0.25) is 4.79 Å². The summed E-state index contributed by atoms with van der Waals surface area (Å²) in [4.78, 5) is 11.0. The molecule has 0 rings (SSSR count). The molecule has 0 fully saturated rings. The van der Waals surface area contributed by atoms with Crippen LogP contribution in [0.15, 0.2) is 0 Å². The van der Waals surface area contributed by atoms with E-state index in [1.165, 1.54) is 6.04 Å². The Balaban J connectivity index is 3.47. The highest BCUT2D eigenvalue weighted by atomic mass is 79.9. The Bertz CT molecular complexity index is 217. The van der Waals surface area contributed by atoms with Crippen molar-refractivity contribution in [1.29, 1.82) is 0 Å². The van der Waals surface area contributed by atoms with Crippen molar-refractivity contribution >= 4 is 31.6 Å². The molecule has 0 heterocycles. The molecule has 1 N–H and O–H groups in total. The third-order valence-electron chi connectivity index (χ3n) is 2.89. The molecule has 3 nitrogen and oxygen atoms in total. The number of rotatable bonds is 10. The number of hydrogen-bond donors (Lipinski definition) is 1. The zero-order valence-corrected chi connectivity index (χ0v) is 15.2. The molecule has 0 saturated heterocycles. The van der Waals surface area contributed by atoms with Crippen LogP contribution in [0.1, 0.15) is 40.5 Å². The molecular formula is C13H28BrNO2Si. The molecule has 5 heteroatoms. The predicted molar refractivity (Wildman–Crippen MR) is 83.9 cm³/mol. The van der Waals surface area contributed by atoms with E-state index in [-0.39, 0.29) is 5.91 Å². The van der Waals surface area contributed by atoms with E-state index in [4.69, 9.17) is 4.43 Å². The van der Waals surface area contributed by atoms with E-state index in [0.29, 0.717) is 23.3 Å². The molecule has 18 heavy (non-hydrogen) atoms. The lowest BCUT2D eigenvalue weighted by Gasteiger charge is -2.25. The van der Waals surface area contributed by atoms with E-state index in [2.05, 4.69) is 48.9 Å². The topological polar surface area (TPSA) is 38.3 Å². The Morgan fingerprint density at radius 1 is 1.22 bits per heavy atom. The van der Waals surface area contributed by atoms with Gasteiger partial charge < -0.3 is 9.74 Å². The predicted octanol–water partition coefficient (Wildman–Crippen LogP) is 2.48. The minimum absolute atomic E-state index is 0.0724. The molecule has 0 unspecified atom stereocenters. The molecule has 0 aromatic rings.